The van der Waals surface area contributed by atoms with E-state index in [4.69, 9.17) is 21.1 Å². The number of rotatable bonds is 9. The van der Waals surface area contributed by atoms with Crippen LogP contribution in [0.15, 0.2) is 52.4 Å². The van der Waals surface area contributed by atoms with Gasteiger partial charge in [-0.2, -0.15) is 5.10 Å². The molecule has 0 fully saturated rings. The summed E-state index contributed by atoms with van der Waals surface area (Å²) in [4.78, 5) is 14.9. The molecule has 2 N–H and O–H groups in total. The Morgan fingerprint density at radius 3 is 2.67 bits per heavy atom. The summed E-state index contributed by atoms with van der Waals surface area (Å²) in [5.41, 5.74) is 3.90. The van der Waals surface area contributed by atoms with Gasteiger partial charge < -0.3 is 9.47 Å². The fraction of sp³-hybridized carbons (Fsp3) is 0.238. The standard InChI is InChI=1S/C21H22ClN5O3/c1-3-10-30-19-16(22)11-14(12-17(19)29-4-2)13-23-26-21-24-20(28)18(25-27-21)15-8-6-5-7-9-15/h5-9,11-13H,3-4,10H2,1-2H3,(H2,24,26,27,28)/b23-13+. The molecule has 0 amide bonds. The summed E-state index contributed by atoms with van der Waals surface area (Å²) in [5, 5.41) is 12.5. The largest absolute Gasteiger partial charge is 0.490 e. The van der Waals surface area contributed by atoms with Gasteiger partial charge in [0.05, 0.1) is 24.5 Å². The van der Waals surface area contributed by atoms with Crippen molar-refractivity contribution in [1.29, 1.82) is 0 Å². The number of anilines is 1. The van der Waals surface area contributed by atoms with Crippen molar-refractivity contribution in [3.63, 3.8) is 0 Å². The van der Waals surface area contributed by atoms with Gasteiger partial charge in [0.1, 0.15) is 0 Å². The van der Waals surface area contributed by atoms with Crippen LogP contribution < -0.4 is 20.5 Å². The van der Waals surface area contributed by atoms with Crippen LogP contribution in [0.2, 0.25) is 5.02 Å². The van der Waals surface area contributed by atoms with Crippen LogP contribution in [0.25, 0.3) is 11.3 Å². The number of ether oxygens (including phenoxy) is 2. The van der Waals surface area contributed by atoms with Gasteiger partial charge >= 0.3 is 0 Å². The van der Waals surface area contributed by atoms with Crippen LogP contribution in [0.5, 0.6) is 11.5 Å². The van der Waals surface area contributed by atoms with Crippen LogP contribution >= 0.6 is 11.6 Å². The molecular weight excluding hydrogens is 406 g/mol. The van der Waals surface area contributed by atoms with E-state index in [9.17, 15) is 4.79 Å². The summed E-state index contributed by atoms with van der Waals surface area (Å²) in [6, 6.07) is 12.6. The van der Waals surface area contributed by atoms with Crippen LogP contribution in [0.3, 0.4) is 0 Å². The Kier molecular flexibility index (Phi) is 7.40. The molecule has 9 heteroatoms. The summed E-state index contributed by atoms with van der Waals surface area (Å²) in [6.45, 7) is 4.91. The molecule has 8 nitrogen and oxygen atoms in total. The third-order valence-electron chi connectivity index (χ3n) is 3.91. The minimum absolute atomic E-state index is 0.120. The minimum atomic E-state index is -0.368. The van der Waals surface area contributed by atoms with Gasteiger partial charge in [-0.3, -0.25) is 9.78 Å². The Morgan fingerprint density at radius 1 is 1.17 bits per heavy atom. The molecule has 0 saturated heterocycles. The van der Waals surface area contributed by atoms with Gasteiger partial charge in [0.25, 0.3) is 5.56 Å². The molecule has 0 aliphatic heterocycles. The number of nitrogens with one attached hydrogen (secondary N) is 2. The molecule has 3 rings (SSSR count). The molecule has 1 heterocycles. The number of hydrogen-bond acceptors (Lipinski definition) is 7. The van der Waals surface area contributed by atoms with Gasteiger partial charge in [0, 0.05) is 5.56 Å². The van der Waals surface area contributed by atoms with Crippen LogP contribution in [0.4, 0.5) is 5.95 Å². The molecular formula is C21H22ClN5O3. The zero-order valence-electron chi connectivity index (χ0n) is 16.7. The summed E-state index contributed by atoms with van der Waals surface area (Å²) in [5.74, 6) is 1.17. The minimum Gasteiger partial charge on any atom is -0.490 e. The van der Waals surface area contributed by atoms with Crippen molar-refractivity contribution in [2.45, 2.75) is 20.3 Å². The number of hydrazone groups is 1. The summed E-state index contributed by atoms with van der Waals surface area (Å²) in [6.07, 6.45) is 2.39. The van der Waals surface area contributed by atoms with Gasteiger partial charge in [0.2, 0.25) is 5.95 Å². The Morgan fingerprint density at radius 2 is 1.97 bits per heavy atom. The molecule has 2 aromatic carbocycles. The highest BCUT2D eigenvalue weighted by Gasteiger charge is 2.12. The lowest BCUT2D eigenvalue weighted by atomic mass is 10.2. The van der Waals surface area contributed by atoms with Crippen molar-refractivity contribution < 1.29 is 9.47 Å². The molecule has 30 heavy (non-hydrogen) atoms. The normalized spacial score (nSPS) is 10.9. The molecule has 0 radical (unpaired) electrons. The van der Waals surface area contributed by atoms with Gasteiger partial charge in [-0.15, -0.1) is 10.2 Å². The zero-order valence-corrected chi connectivity index (χ0v) is 17.4. The number of hydrogen-bond donors (Lipinski definition) is 2. The highest BCUT2D eigenvalue weighted by atomic mass is 35.5. The first-order chi connectivity index (χ1) is 14.6. The molecule has 0 saturated carbocycles. The average molecular weight is 428 g/mol. The molecule has 0 bridgehead atoms. The van der Waals surface area contributed by atoms with E-state index < -0.39 is 0 Å². The van der Waals surface area contributed by atoms with E-state index in [-0.39, 0.29) is 17.2 Å². The maximum atomic E-state index is 12.3. The lowest BCUT2D eigenvalue weighted by Crippen LogP contribution is -2.15. The second-order valence-electron chi connectivity index (χ2n) is 6.20. The van der Waals surface area contributed by atoms with Crippen LogP contribution in [0, 0.1) is 0 Å². The van der Waals surface area contributed by atoms with Gasteiger partial charge in [0.15, 0.2) is 17.2 Å². The first-order valence-electron chi connectivity index (χ1n) is 9.53. The molecule has 0 spiro atoms. The van der Waals surface area contributed by atoms with Crippen molar-refractivity contribution in [3.05, 3.63) is 63.4 Å². The van der Waals surface area contributed by atoms with Crippen molar-refractivity contribution in [1.82, 2.24) is 15.2 Å². The highest BCUT2D eigenvalue weighted by Crippen LogP contribution is 2.36. The van der Waals surface area contributed by atoms with Gasteiger partial charge in [-0.05, 0) is 31.0 Å². The first-order valence-corrected chi connectivity index (χ1v) is 9.90. The van der Waals surface area contributed by atoms with Crippen molar-refractivity contribution >= 4 is 23.8 Å². The quantitative estimate of drug-likeness (QED) is 0.393. The van der Waals surface area contributed by atoms with Crippen molar-refractivity contribution in [2.24, 2.45) is 5.10 Å². The van der Waals surface area contributed by atoms with Gasteiger partial charge in [-0.1, -0.05) is 48.9 Å². The SMILES string of the molecule is CCCOc1c(Cl)cc(/C=N/Nc2nnc(-c3ccccc3)c(=O)[nH]2)cc1OCC. The van der Waals surface area contributed by atoms with E-state index in [0.717, 1.165) is 6.42 Å². The molecule has 0 aliphatic rings. The lowest BCUT2D eigenvalue weighted by molar-refractivity contribution is 0.277. The third kappa shape index (κ3) is 5.36. The van der Waals surface area contributed by atoms with Crippen LogP contribution in [0.1, 0.15) is 25.8 Å². The van der Waals surface area contributed by atoms with E-state index in [1.54, 1.807) is 24.3 Å². The van der Waals surface area contributed by atoms with E-state index >= 15 is 0 Å². The average Bonchev–Trinajstić information content (AvgIpc) is 2.74. The van der Waals surface area contributed by atoms with Crippen LogP contribution in [-0.2, 0) is 0 Å². The van der Waals surface area contributed by atoms with Gasteiger partial charge in [-0.25, -0.2) is 5.43 Å². The van der Waals surface area contributed by atoms with E-state index in [0.29, 0.717) is 40.9 Å². The smallest absolute Gasteiger partial charge is 0.279 e. The predicted molar refractivity (Wildman–Crippen MR) is 118 cm³/mol. The van der Waals surface area contributed by atoms with Crippen molar-refractivity contribution in [2.75, 3.05) is 18.6 Å². The van der Waals surface area contributed by atoms with E-state index in [2.05, 4.69) is 25.7 Å². The summed E-state index contributed by atoms with van der Waals surface area (Å²) < 4.78 is 11.3. The fourth-order valence-corrected chi connectivity index (χ4v) is 2.88. The number of aromatic amines is 1. The molecule has 156 valence electrons. The Balaban J connectivity index is 1.75. The predicted octanol–water partition coefficient (Wildman–Crippen LogP) is 4.12. The number of halogens is 1. The Hall–Kier alpha value is -3.39. The topological polar surface area (TPSA) is 101 Å². The molecule has 0 aliphatic carbocycles. The first kappa shape index (κ1) is 21.3. The molecule has 1 aromatic heterocycles. The van der Waals surface area contributed by atoms with Crippen molar-refractivity contribution in [3.8, 4) is 22.8 Å². The Labute approximate surface area is 178 Å². The second kappa shape index (κ2) is 10.4. The fourth-order valence-electron chi connectivity index (χ4n) is 2.61. The zero-order chi connectivity index (χ0) is 21.3. The number of aromatic nitrogens is 3. The molecule has 3 aromatic rings. The highest BCUT2D eigenvalue weighted by molar-refractivity contribution is 6.32. The maximum Gasteiger partial charge on any atom is 0.279 e. The molecule has 0 unspecified atom stereocenters. The van der Waals surface area contributed by atoms with Crippen LogP contribution in [-0.4, -0.2) is 34.6 Å². The lowest BCUT2D eigenvalue weighted by Gasteiger charge is -2.13. The number of benzene rings is 2. The third-order valence-corrected chi connectivity index (χ3v) is 4.19. The summed E-state index contributed by atoms with van der Waals surface area (Å²) in [7, 11) is 0. The summed E-state index contributed by atoms with van der Waals surface area (Å²) >= 11 is 6.34. The van der Waals surface area contributed by atoms with E-state index in [1.165, 1.54) is 6.21 Å². The maximum absolute atomic E-state index is 12.3. The Bertz CT molecular complexity index is 1070. The number of nitrogens with zero attached hydrogens (tertiary/aromatic N) is 3. The molecule has 0 atom stereocenters. The second-order valence-corrected chi connectivity index (χ2v) is 6.61. The monoisotopic (exact) mass is 427 g/mol. The number of H-pyrrole nitrogens is 1. The van der Waals surface area contributed by atoms with E-state index in [1.807, 2.05) is 32.0 Å².